The number of hydrogen-bond donors (Lipinski definition) is 0. The van der Waals surface area contributed by atoms with Crippen molar-refractivity contribution in [1.29, 1.82) is 0 Å². The van der Waals surface area contributed by atoms with Crippen LogP contribution in [0.15, 0.2) is 77.8 Å². The van der Waals surface area contributed by atoms with Gasteiger partial charge in [0.1, 0.15) is 11.5 Å². The standard InChI is InChI=1S/C26H24N2O5S/c1-3-32-15-14-28-22-13-12-19(25(30)31-2)17-23(22)34-26(28)27-24(29)18-8-7-11-21(16-18)33-20-9-5-4-6-10-20/h4-13,16-17H,3,14-15H2,1-2H3. The third-order valence-corrected chi connectivity index (χ3v) is 6.07. The smallest absolute Gasteiger partial charge is 0.337 e. The highest BCUT2D eigenvalue weighted by Crippen LogP contribution is 2.23. The van der Waals surface area contributed by atoms with E-state index in [1.54, 1.807) is 36.4 Å². The molecule has 0 atom stereocenters. The van der Waals surface area contributed by atoms with E-state index >= 15 is 0 Å². The van der Waals surface area contributed by atoms with Crippen LogP contribution in [-0.2, 0) is 16.0 Å². The molecule has 0 saturated carbocycles. The summed E-state index contributed by atoms with van der Waals surface area (Å²) in [5.41, 5.74) is 1.72. The van der Waals surface area contributed by atoms with E-state index in [4.69, 9.17) is 14.2 Å². The van der Waals surface area contributed by atoms with Crippen molar-refractivity contribution in [2.45, 2.75) is 13.5 Å². The van der Waals surface area contributed by atoms with E-state index in [0.717, 1.165) is 10.2 Å². The first-order chi connectivity index (χ1) is 16.6. The average molecular weight is 477 g/mol. The number of amides is 1. The SMILES string of the molecule is CCOCCn1c(=NC(=O)c2cccc(Oc3ccccc3)c2)sc2cc(C(=O)OC)ccc21. The maximum Gasteiger partial charge on any atom is 0.337 e. The van der Waals surface area contributed by atoms with Crippen molar-refractivity contribution in [3.8, 4) is 11.5 Å². The molecular formula is C26H24N2O5S. The minimum atomic E-state index is -0.416. The van der Waals surface area contributed by atoms with Crippen molar-refractivity contribution < 1.29 is 23.8 Å². The number of carbonyl (C=O) groups excluding carboxylic acids is 2. The molecule has 34 heavy (non-hydrogen) atoms. The van der Waals surface area contributed by atoms with Crippen LogP contribution in [0, 0.1) is 0 Å². The highest BCUT2D eigenvalue weighted by molar-refractivity contribution is 7.16. The lowest BCUT2D eigenvalue weighted by molar-refractivity contribution is 0.0600. The number of thiazole rings is 1. The molecule has 0 aliphatic heterocycles. The number of ether oxygens (including phenoxy) is 3. The van der Waals surface area contributed by atoms with Gasteiger partial charge in [0, 0.05) is 18.7 Å². The predicted octanol–water partition coefficient (Wildman–Crippen LogP) is 5.06. The Bertz CT molecular complexity index is 1370. The van der Waals surface area contributed by atoms with Crippen LogP contribution in [0.2, 0.25) is 0 Å². The van der Waals surface area contributed by atoms with Crippen molar-refractivity contribution in [3.63, 3.8) is 0 Å². The summed E-state index contributed by atoms with van der Waals surface area (Å²) in [6.07, 6.45) is 0. The van der Waals surface area contributed by atoms with Gasteiger partial charge in [-0.05, 0) is 55.5 Å². The molecule has 4 rings (SSSR count). The molecule has 1 amide bonds. The van der Waals surface area contributed by atoms with Crippen molar-refractivity contribution in [2.24, 2.45) is 4.99 Å². The largest absolute Gasteiger partial charge is 0.465 e. The molecule has 0 unspecified atom stereocenters. The van der Waals surface area contributed by atoms with E-state index in [9.17, 15) is 9.59 Å². The Kier molecular flexibility index (Phi) is 7.51. The van der Waals surface area contributed by atoms with Crippen LogP contribution in [0.5, 0.6) is 11.5 Å². The maximum atomic E-state index is 13.1. The monoisotopic (exact) mass is 476 g/mol. The molecule has 1 aromatic heterocycles. The second-order valence-electron chi connectivity index (χ2n) is 7.27. The molecule has 0 N–H and O–H groups in total. The van der Waals surface area contributed by atoms with E-state index in [1.165, 1.54) is 18.4 Å². The molecule has 0 saturated heterocycles. The molecule has 0 bridgehead atoms. The van der Waals surface area contributed by atoms with Crippen LogP contribution in [-0.4, -0.2) is 36.8 Å². The molecule has 3 aromatic carbocycles. The highest BCUT2D eigenvalue weighted by atomic mass is 32.1. The van der Waals surface area contributed by atoms with Gasteiger partial charge in [-0.1, -0.05) is 35.6 Å². The third-order valence-electron chi connectivity index (χ3n) is 5.02. The highest BCUT2D eigenvalue weighted by Gasteiger charge is 2.13. The van der Waals surface area contributed by atoms with Crippen LogP contribution >= 0.6 is 11.3 Å². The van der Waals surface area contributed by atoms with Gasteiger partial charge in [0.05, 0.1) is 29.5 Å². The zero-order valence-corrected chi connectivity index (χ0v) is 19.7. The minimum Gasteiger partial charge on any atom is -0.465 e. The van der Waals surface area contributed by atoms with Crippen LogP contribution in [0.1, 0.15) is 27.6 Å². The fourth-order valence-electron chi connectivity index (χ4n) is 3.39. The minimum absolute atomic E-state index is 0.386. The van der Waals surface area contributed by atoms with E-state index in [1.807, 2.05) is 47.9 Å². The normalized spacial score (nSPS) is 11.5. The van der Waals surface area contributed by atoms with E-state index in [0.29, 0.717) is 47.2 Å². The maximum absolute atomic E-state index is 13.1. The number of esters is 1. The molecule has 0 aliphatic rings. The second-order valence-corrected chi connectivity index (χ2v) is 8.28. The Morgan fingerprint density at radius 1 is 0.941 bits per heavy atom. The molecule has 8 heteroatoms. The molecule has 0 radical (unpaired) electrons. The van der Waals surface area contributed by atoms with Crippen molar-refractivity contribution in [2.75, 3.05) is 20.3 Å². The summed E-state index contributed by atoms with van der Waals surface area (Å²) in [6, 6.07) is 21.6. The van der Waals surface area contributed by atoms with Gasteiger partial charge in [-0.3, -0.25) is 4.79 Å². The topological polar surface area (TPSA) is 79.1 Å². The molecule has 174 valence electrons. The van der Waals surface area contributed by atoms with Crippen molar-refractivity contribution in [3.05, 3.63) is 88.7 Å². The number of aromatic nitrogens is 1. The summed E-state index contributed by atoms with van der Waals surface area (Å²) in [5, 5.41) is 0. The first-order valence-electron chi connectivity index (χ1n) is 10.8. The van der Waals surface area contributed by atoms with Gasteiger partial charge in [-0.25, -0.2) is 4.79 Å². The third kappa shape index (κ3) is 5.41. The number of hydrogen-bond acceptors (Lipinski definition) is 6. The lowest BCUT2D eigenvalue weighted by Crippen LogP contribution is -2.19. The molecular weight excluding hydrogens is 452 g/mol. The summed E-state index contributed by atoms with van der Waals surface area (Å²) >= 11 is 1.33. The Morgan fingerprint density at radius 3 is 2.50 bits per heavy atom. The summed E-state index contributed by atoms with van der Waals surface area (Å²) in [4.78, 5) is 29.9. The van der Waals surface area contributed by atoms with Crippen LogP contribution in [0.4, 0.5) is 0 Å². The molecule has 1 heterocycles. The molecule has 0 aliphatic carbocycles. The van der Waals surface area contributed by atoms with Crippen LogP contribution in [0.3, 0.4) is 0 Å². The lowest BCUT2D eigenvalue weighted by atomic mass is 10.2. The number of nitrogens with zero attached hydrogens (tertiary/aromatic N) is 2. The second kappa shape index (κ2) is 10.9. The van der Waals surface area contributed by atoms with Gasteiger partial charge in [0.25, 0.3) is 5.91 Å². The average Bonchev–Trinajstić information content (AvgIpc) is 3.20. The molecule has 0 spiro atoms. The van der Waals surface area contributed by atoms with Gasteiger partial charge in [-0.15, -0.1) is 0 Å². The van der Waals surface area contributed by atoms with Crippen LogP contribution in [0.25, 0.3) is 10.2 Å². The predicted molar refractivity (Wildman–Crippen MR) is 130 cm³/mol. The Balaban J connectivity index is 1.69. The molecule has 0 fully saturated rings. The van der Waals surface area contributed by atoms with Crippen LogP contribution < -0.4 is 9.54 Å². The van der Waals surface area contributed by atoms with E-state index in [2.05, 4.69) is 4.99 Å². The number of para-hydroxylation sites is 1. The lowest BCUT2D eigenvalue weighted by Gasteiger charge is -2.07. The van der Waals surface area contributed by atoms with Gasteiger partial charge in [0.2, 0.25) is 0 Å². The van der Waals surface area contributed by atoms with Gasteiger partial charge in [-0.2, -0.15) is 4.99 Å². The van der Waals surface area contributed by atoms with E-state index in [-0.39, 0.29) is 5.91 Å². The molecule has 4 aromatic rings. The number of rotatable bonds is 8. The summed E-state index contributed by atoms with van der Waals surface area (Å²) in [5.74, 6) is 0.434. The Morgan fingerprint density at radius 2 is 1.74 bits per heavy atom. The van der Waals surface area contributed by atoms with Gasteiger partial charge >= 0.3 is 5.97 Å². The zero-order chi connectivity index (χ0) is 23.9. The number of methoxy groups -OCH3 is 1. The number of benzene rings is 3. The first-order valence-corrected chi connectivity index (χ1v) is 11.6. The fourth-order valence-corrected chi connectivity index (χ4v) is 4.48. The zero-order valence-electron chi connectivity index (χ0n) is 18.9. The quantitative estimate of drug-likeness (QED) is 0.262. The number of carbonyl (C=O) groups is 2. The summed E-state index contributed by atoms with van der Waals surface area (Å²) < 4.78 is 18.9. The fraction of sp³-hybridized carbons (Fsp3) is 0.192. The Labute approximate surface area is 200 Å². The first kappa shape index (κ1) is 23.4. The van der Waals surface area contributed by atoms with Crippen molar-refractivity contribution in [1.82, 2.24) is 4.57 Å². The van der Waals surface area contributed by atoms with Gasteiger partial charge < -0.3 is 18.8 Å². The summed E-state index contributed by atoms with van der Waals surface area (Å²) in [6.45, 7) is 3.52. The summed E-state index contributed by atoms with van der Waals surface area (Å²) in [7, 11) is 1.35. The molecule has 7 nitrogen and oxygen atoms in total. The van der Waals surface area contributed by atoms with Crippen molar-refractivity contribution >= 4 is 33.4 Å². The van der Waals surface area contributed by atoms with Gasteiger partial charge in [0.15, 0.2) is 4.80 Å². The Hall–Kier alpha value is -3.75. The number of fused-ring (bicyclic) bond motifs is 1. The van der Waals surface area contributed by atoms with E-state index < -0.39 is 5.97 Å².